The molecule has 0 bridgehead atoms. The summed E-state index contributed by atoms with van der Waals surface area (Å²) in [5.74, 6) is 0.839. The van der Waals surface area contributed by atoms with Gasteiger partial charge in [-0.2, -0.15) is 0 Å². The van der Waals surface area contributed by atoms with Crippen LogP contribution in [0.25, 0.3) is 11.1 Å². The summed E-state index contributed by atoms with van der Waals surface area (Å²) in [6, 6.07) is 8.92. The molecule has 0 spiro atoms. The molecule has 6 nitrogen and oxygen atoms in total. The van der Waals surface area contributed by atoms with Gasteiger partial charge >= 0.3 is 5.97 Å². The standard InChI is InChI=1S/C20H19NO5/c1-3-24-20(23)13-6-4-12(5-7-13)16-17-14(8-9-21(2)19(17)22)10-15-18(16)26-11-25-15/h4-7,10H,3,8-9,11H2,1-2H3. The first-order valence-electron chi connectivity index (χ1n) is 8.58. The summed E-state index contributed by atoms with van der Waals surface area (Å²) in [5.41, 5.74) is 3.61. The summed E-state index contributed by atoms with van der Waals surface area (Å²) in [6.45, 7) is 2.90. The van der Waals surface area contributed by atoms with Crippen molar-refractivity contribution in [1.29, 1.82) is 0 Å². The molecular formula is C20H19NO5. The first kappa shape index (κ1) is 16.4. The quantitative estimate of drug-likeness (QED) is 0.794. The van der Waals surface area contributed by atoms with Crippen molar-refractivity contribution < 1.29 is 23.8 Å². The molecule has 26 heavy (non-hydrogen) atoms. The zero-order valence-corrected chi connectivity index (χ0v) is 14.7. The normalized spacial score (nSPS) is 15.0. The van der Waals surface area contributed by atoms with Crippen LogP contribution in [0.15, 0.2) is 30.3 Å². The van der Waals surface area contributed by atoms with Gasteiger partial charge in [-0.05, 0) is 42.7 Å². The maximum Gasteiger partial charge on any atom is 0.338 e. The molecule has 2 heterocycles. The van der Waals surface area contributed by atoms with Crippen molar-refractivity contribution in [3.63, 3.8) is 0 Å². The molecule has 134 valence electrons. The SMILES string of the molecule is CCOC(=O)c1ccc(-c2c3c(cc4c2C(=O)N(C)CC4)OCO3)cc1. The molecule has 1 amide bonds. The van der Waals surface area contributed by atoms with Crippen molar-refractivity contribution in [3.05, 3.63) is 47.0 Å². The number of fused-ring (bicyclic) bond motifs is 2. The third kappa shape index (κ3) is 2.58. The Balaban J connectivity index is 1.85. The summed E-state index contributed by atoms with van der Waals surface area (Å²) in [7, 11) is 1.80. The molecule has 0 N–H and O–H groups in total. The van der Waals surface area contributed by atoms with E-state index in [1.807, 2.05) is 18.2 Å². The molecule has 2 aromatic carbocycles. The summed E-state index contributed by atoms with van der Waals surface area (Å²) in [4.78, 5) is 26.4. The lowest BCUT2D eigenvalue weighted by Gasteiger charge is -2.27. The first-order chi connectivity index (χ1) is 12.6. The minimum atomic E-state index is -0.366. The number of ether oxygens (including phenoxy) is 3. The van der Waals surface area contributed by atoms with E-state index in [9.17, 15) is 9.59 Å². The van der Waals surface area contributed by atoms with Crippen LogP contribution in [-0.2, 0) is 11.2 Å². The number of likely N-dealkylation sites (N-methyl/N-ethyl adjacent to an activating group) is 1. The molecule has 0 aromatic heterocycles. The fourth-order valence-electron chi connectivity index (χ4n) is 3.38. The number of carbonyl (C=O) groups excluding carboxylic acids is 2. The van der Waals surface area contributed by atoms with E-state index in [4.69, 9.17) is 14.2 Å². The maximum absolute atomic E-state index is 12.8. The summed E-state index contributed by atoms with van der Waals surface area (Å²) < 4.78 is 16.3. The van der Waals surface area contributed by atoms with Gasteiger partial charge in [0.1, 0.15) is 0 Å². The second-order valence-electron chi connectivity index (χ2n) is 6.29. The molecule has 2 aliphatic rings. The van der Waals surface area contributed by atoms with Crippen molar-refractivity contribution in [1.82, 2.24) is 4.90 Å². The molecule has 0 radical (unpaired) electrons. The van der Waals surface area contributed by atoms with Crippen LogP contribution in [-0.4, -0.2) is 43.8 Å². The Labute approximate surface area is 151 Å². The van der Waals surface area contributed by atoms with Crippen LogP contribution in [0, 0.1) is 0 Å². The van der Waals surface area contributed by atoms with Gasteiger partial charge in [0.2, 0.25) is 6.79 Å². The van der Waals surface area contributed by atoms with E-state index in [2.05, 4.69) is 0 Å². The Kier molecular flexibility index (Phi) is 4.03. The van der Waals surface area contributed by atoms with Gasteiger partial charge in [-0.1, -0.05) is 12.1 Å². The molecular weight excluding hydrogens is 334 g/mol. The van der Waals surface area contributed by atoms with Crippen LogP contribution in [0.1, 0.15) is 33.2 Å². The maximum atomic E-state index is 12.8. The van der Waals surface area contributed by atoms with Crippen molar-refractivity contribution in [2.24, 2.45) is 0 Å². The minimum absolute atomic E-state index is 0.0333. The van der Waals surface area contributed by atoms with E-state index >= 15 is 0 Å². The van der Waals surface area contributed by atoms with Gasteiger partial charge in [-0.3, -0.25) is 4.79 Å². The van der Waals surface area contributed by atoms with Crippen LogP contribution in [0.5, 0.6) is 11.5 Å². The lowest BCUT2D eigenvalue weighted by Crippen LogP contribution is -2.34. The number of nitrogens with zero attached hydrogens (tertiary/aromatic N) is 1. The van der Waals surface area contributed by atoms with Gasteiger partial charge in [0.25, 0.3) is 5.91 Å². The minimum Gasteiger partial charge on any atom is -0.462 e. The third-order valence-electron chi connectivity index (χ3n) is 4.71. The van der Waals surface area contributed by atoms with Crippen LogP contribution in [0.3, 0.4) is 0 Å². The fourth-order valence-corrected chi connectivity index (χ4v) is 3.38. The number of hydrogen-bond acceptors (Lipinski definition) is 5. The number of amides is 1. The zero-order chi connectivity index (χ0) is 18.3. The highest BCUT2D eigenvalue weighted by Gasteiger charge is 2.32. The fraction of sp³-hybridized carbons (Fsp3) is 0.300. The largest absolute Gasteiger partial charge is 0.462 e. The molecule has 4 rings (SSSR count). The smallest absolute Gasteiger partial charge is 0.338 e. The van der Waals surface area contributed by atoms with Crippen molar-refractivity contribution in [2.75, 3.05) is 27.0 Å². The Morgan fingerprint density at radius 2 is 1.96 bits per heavy atom. The second kappa shape index (κ2) is 6.37. The predicted octanol–water partition coefficient (Wildman–Crippen LogP) is 2.89. The molecule has 0 saturated heterocycles. The molecule has 2 aromatic rings. The van der Waals surface area contributed by atoms with Gasteiger partial charge in [0.15, 0.2) is 11.5 Å². The highest BCUT2D eigenvalue weighted by Crippen LogP contribution is 2.46. The topological polar surface area (TPSA) is 65.1 Å². The molecule has 0 fully saturated rings. The molecule has 0 saturated carbocycles. The van der Waals surface area contributed by atoms with Gasteiger partial charge in [-0.15, -0.1) is 0 Å². The number of hydrogen-bond donors (Lipinski definition) is 0. The van der Waals surface area contributed by atoms with Gasteiger partial charge in [0.05, 0.1) is 17.7 Å². The number of rotatable bonds is 3. The molecule has 0 atom stereocenters. The zero-order valence-electron chi connectivity index (χ0n) is 14.7. The second-order valence-corrected chi connectivity index (χ2v) is 6.29. The van der Waals surface area contributed by atoms with E-state index in [-0.39, 0.29) is 18.7 Å². The highest BCUT2D eigenvalue weighted by molar-refractivity contribution is 6.05. The van der Waals surface area contributed by atoms with Crippen molar-refractivity contribution in [2.45, 2.75) is 13.3 Å². The van der Waals surface area contributed by atoms with E-state index in [1.54, 1.807) is 31.0 Å². The third-order valence-corrected chi connectivity index (χ3v) is 4.71. The predicted molar refractivity (Wildman–Crippen MR) is 94.6 cm³/mol. The number of benzene rings is 2. The van der Waals surface area contributed by atoms with Crippen LogP contribution < -0.4 is 9.47 Å². The van der Waals surface area contributed by atoms with Crippen molar-refractivity contribution >= 4 is 11.9 Å². The van der Waals surface area contributed by atoms with E-state index in [0.29, 0.717) is 35.8 Å². The monoisotopic (exact) mass is 353 g/mol. The van der Waals surface area contributed by atoms with Gasteiger partial charge in [0, 0.05) is 19.2 Å². The molecule has 0 unspecified atom stereocenters. The Bertz CT molecular complexity index is 888. The highest BCUT2D eigenvalue weighted by atomic mass is 16.7. The lowest BCUT2D eigenvalue weighted by atomic mass is 9.89. The molecule has 2 aliphatic heterocycles. The summed E-state index contributed by atoms with van der Waals surface area (Å²) in [5, 5.41) is 0. The molecule has 6 heteroatoms. The number of esters is 1. The average Bonchev–Trinajstić information content (AvgIpc) is 3.12. The van der Waals surface area contributed by atoms with Gasteiger partial charge in [-0.25, -0.2) is 4.79 Å². The Morgan fingerprint density at radius 1 is 1.19 bits per heavy atom. The van der Waals surface area contributed by atoms with E-state index < -0.39 is 0 Å². The van der Waals surface area contributed by atoms with Crippen LogP contribution >= 0.6 is 0 Å². The van der Waals surface area contributed by atoms with Crippen LogP contribution in [0.2, 0.25) is 0 Å². The summed E-state index contributed by atoms with van der Waals surface area (Å²) in [6.07, 6.45) is 0.766. The van der Waals surface area contributed by atoms with Crippen molar-refractivity contribution in [3.8, 4) is 22.6 Å². The Morgan fingerprint density at radius 3 is 2.69 bits per heavy atom. The molecule has 0 aliphatic carbocycles. The van der Waals surface area contributed by atoms with E-state index in [1.165, 1.54) is 0 Å². The summed E-state index contributed by atoms with van der Waals surface area (Å²) >= 11 is 0. The first-order valence-corrected chi connectivity index (χ1v) is 8.58. The van der Waals surface area contributed by atoms with E-state index in [0.717, 1.165) is 23.1 Å². The Hall–Kier alpha value is -3.02. The van der Waals surface area contributed by atoms with Gasteiger partial charge < -0.3 is 19.1 Å². The van der Waals surface area contributed by atoms with Crippen LogP contribution in [0.4, 0.5) is 0 Å². The number of carbonyl (C=O) groups is 2. The average molecular weight is 353 g/mol. The lowest BCUT2D eigenvalue weighted by molar-refractivity contribution is 0.0526.